The Balaban J connectivity index is 2.67. The molecule has 5 nitrogen and oxygen atoms in total. The number of carbonyl (C=O) groups excluding carboxylic acids is 1. The first kappa shape index (κ1) is 13.4. The van der Waals surface area contributed by atoms with Crippen LogP contribution in [0.2, 0.25) is 0 Å². The van der Waals surface area contributed by atoms with E-state index in [9.17, 15) is 4.79 Å². The summed E-state index contributed by atoms with van der Waals surface area (Å²) in [6.07, 6.45) is 4.87. The van der Waals surface area contributed by atoms with Crippen LogP contribution in [0.25, 0.3) is 0 Å². The molecule has 0 aromatic rings. The molecule has 0 aliphatic carbocycles. The molecule has 0 aromatic heterocycles. The van der Waals surface area contributed by atoms with Gasteiger partial charge in [-0.15, -0.1) is 0 Å². The predicted molar refractivity (Wildman–Crippen MR) is 62.5 cm³/mol. The second-order valence-electron chi connectivity index (χ2n) is 4.33. The number of nitrogens with one attached hydrogen (secondary N) is 1. The van der Waals surface area contributed by atoms with Crippen LogP contribution < -0.4 is 11.3 Å². The maximum Gasteiger partial charge on any atom is 0.251 e. The molecule has 0 bridgehead atoms. The van der Waals surface area contributed by atoms with Crippen molar-refractivity contribution in [2.24, 2.45) is 5.84 Å². The fourth-order valence-corrected chi connectivity index (χ4v) is 2.56. The third-order valence-electron chi connectivity index (χ3n) is 3.37. The van der Waals surface area contributed by atoms with E-state index in [2.05, 4.69) is 10.3 Å². The van der Waals surface area contributed by atoms with Crippen LogP contribution in [0.3, 0.4) is 0 Å². The van der Waals surface area contributed by atoms with Crippen LogP contribution in [0, 0.1) is 0 Å². The summed E-state index contributed by atoms with van der Waals surface area (Å²) in [5, 5.41) is 9.03. The second kappa shape index (κ2) is 6.83. The largest absolute Gasteiger partial charge is 0.396 e. The van der Waals surface area contributed by atoms with Gasteiger partial charge in [-0.2, -0.15) is 0 Å². The Labute approximate surface area is 97.0 Å². The second-order valence-corrected chi connectivity index (χ2v) is 4.33. The maximum atomic E-state index is 11.7. The predicted octanol–water partition coefficient (Wildman–Crippen LogP) is -0.00820. The number of amides is 1. The van der Waals surface area contributed by atoms with Gasteiger partial charge >= 0.3 is 0 Å². The summed E-state index contributed by atoms with van der Waals surface area (Å²) in [5.74, 6) is 5.08. The van der Waals surface area contributed by atoms with Crippen LogP contribution in [0.1, 0.15) is 39.0 Å². The van der Waals surface area contributed by atoms with Crippen molar-refractivity contribution in [2.75, 3.05) is 13.2 Å². The Kier molecular flexibility index (Phi) is 5.73. The van der Waals surface area contributed by atoms with Crippen LogP contribution in [0.4, 0.5) is 0 Å². The highest BCUT2D eigenvalue weighted by molar-refractivity contribution is 5.81. The van der Waals surface area contributed by atoms with Gasteiger partial charge in [0.1, 0.15) is 0 Å². The Morgan fingerprint density at radius 2 is 2.38 bits per heavy atom. The SMILES string of the molecule is CCC(C(=O)NN)N1CCCCC1CCO. The maximum absolute atomic E-state index is 11.7. The minimum atomic E-state index is -0.151. The molecule has 0 aromatic carbocycles. The van der Waals surface area contributed by atoms with Crippen LogP contribution in [0.15, 0.2) is 0 Å². The van der Waals surface area contributed by atoms with Gasteiger partial charge in [-0.1, -0.05) is 13.3 Å². The first-order valence-electron chi connectivity index (χ1n) is 6.11. The van der Waals surface area contributed by atoms with Gasteiger partial charge < -0.3 is 5.11 Å². The molecule has 1 saturated heterocycles. The molecule has 2 atom stereocenters. The van der Waals surface area contributed by atoms with Gasteiger partial charge in [0, 0.05) is 12.6 Å². The lowest BCUT2D eigenvalue weighted by Crippen LogP contribution is -2.54. The molecule has 1 rings (SSSR count). The number of likely N-dealkylation sites (tertiary alicyclic amines) is 1. The Bertz CT molecular complexity index is 221. The third-order valence-corrected chi connectivity index (χ3v) is 3.37. The summed E-state index contributed by atoms with van der Waals surface area (Å²) in [5.41, 5.74) is 2.23. The van der Waals surface area contributed by atoms with Crippen LogP contribution >= 0.6 is 0 Å². The average molecular weight is 229 g/mol. The van der Waals surface area contributed by atoms with E-state index in [1.54, 1.807) is 0 Å². The van der Waals surface area contributed by atoms with E-state index in [1.165, 1.54) is 6.42 Å². The molecule has 1 aliphatic rings. The summed E-state index contributed by atoms with van der Waals surface area (Å²) >= 11 is 0. The van der Waals surface area contributed by atoms with Crippen LogP contribution in [0.5, 0.6) is 0 Å². The zero-order valence-electron chi connectivity index (χ0n) is 9.98. The zero-order chi connectivity index (χ0) is 12.0. The van der Waals surface area contributed by atoms with E-state index in [4.69, 9.17) is 10.9 Å². The van der Waals surface area contributed by atoms with E-state index in [-0.39, 0.29) is 18.6 Å². The van der Waals surface area contributed by atoms with Gasteiger partial charge in [-0.25, -0.2) is 5.84 Å². The number of nitrogens with two attached hydrogens (primary N) is 1. The number of hydrogen-bond acceptors (Lipinski definition) is 4. The number of nitrogens with zero attached hydrogens (tertiary/aromatic N) is 1. The number of hydrazine groups is 1. The van der Waals surface area contributed by atoms with Crippen molar-refractivity contribution in [3.63, 3.8) is 0 Å². The minimum Gasteiger partial charge on any atom is -0.396 e. The number of piperidine rings is 1. The lowest BCUT2D eigenvalue weighted by Gasteiger charge is -2.39. The van der Waals surface area contributed by atoms with Crippen molar-refractivity contribution in [1.29, 1.82) is 0 Å². The number of hydrogen-bond donors (Lipinski definition) is 3. The molecule has 0 spiro atoms. The van der Waals surface area contributed by atoms with E-state index in [1.807, 2.05) is 6.92 Å². The van der Waals surface area contributed by atoms with E-state index < -0.39 is 0 Å². The molecule has 0 radical (unpaired) electrons. The lowest BCUT2D eigenvalue weighted by molar-refractivity contribution is -0.128. The molecular weight excluding hydrogens is 206 g/mol. The molecule has 0 saturated carbocycles. The number of carbonyl (C=O) groups is 1. The monoisotopic (exact) mass is 229 g/mol. The Morgan fingerprint density at radius 3 is 2.94 bits per heavy atom. The van der Waals surface area contributed by atoms with Gasteiger partial charge in [0.25, 0.3) is 5.91 Å². The van der Waals surface area contributed by atoms with Crippen LogP contribution in [-0.2, 0) is 4.79 Å². The Hall–Kier alpha value is -0.650. The highest BCUT2D eigenvalue weighted by Crippen LogP contribution is 2.23. The summed E-state index contributed by atoms with van der Waals surface area (Å²) in [6, 6.07) is 0.169. The highest BCUT2D eigenvalue weighted by atomic mass is 16.3. The summed E-state index contributed by atoms with van der Waals surface area (Å²) in [6.45, 7) is 3.10. The van der Waals surface area contributed by atoms with Crippen molar-refractivity contribution in [3.05, 3.63) is 0 Å². The number of aliphatic hydroxyl groups is 1. The molecule has 1 amide bonds. The van der Waals surface area contributed by atoms with E-state index in [0.29, 0.717) is 6.04 Å². The van der Waals surface area contributed by atoms with Crippen molar-refractivity contribution in [3.8, 4) is 0 Å². The molecular formula is C11H23N3O2. The lowest BCUT2D eigenvalue weighted by atomic mass is 9.96. The molecule has 94 valence electrons. The van der Waals surface area contributed by atoms with Crippen molar-refractivity contribution >= 4 is 5.91 Å². The quantitative estimate of drug-likeness (QED) is 0.352. The Morgan fingerprint density at radius 1 is 1.62 bits per heavy atom. The first-order valence-corrected chi connectivity index (χ1v) is 6.11. The van der Waals surface area contributed by atoms with Gasteiger partial charge in [-0.05, 0) is 32.2 Å². The fourth-order valence-electron chi connectivity index (χ4n) is 2.56. The number of rotatable bonds is 5. The molecule has 5 heteroatoms. The van der Waals surface area contributed by atoms with Crippen molar-refractivity contribution < 1.29 is 9.90 Å². The van der Waals surface area contributed by atoms with Crippen molar-refractivity contribution in [2.45, 2.75) is 51.1 Å². The van der Waals surface area contributed by atoms with Gasteiger partial charge in [0.2, 0.25) is 0 Å². The van der Waals surface area contributed by atoms with Gasteiger partial charge in [0.05, 0.1) is 6.04 Å². The topological polar surface area (TPSA) is 78.6 Å². The third kappa shape index (κ3) is 3.17. The molecule has 16 heavy (non-hydrogen) atoms. The smallest absolute Gasteiger partial charge is 0.251 e. The van der Waals surface area contributed by atoms with Crippen molar-refractivity contribution in [1.82, 2.24) is 10.3 Å². The van der Waals surface area contributed by atoms with E-state index >= 15 is 0 Å². The first-order chi connectivity index (χ1) is 7.74. The highest BCUT2D eigenvalue weighted by Gasteiger charge is 2.31. The molecule has 1 heterocycles. The van der Waals surface area contributed by atoms with E-state index in [0.717, 1.165) is 32.2 Å². The zero-order valence-corrected chi connectivity index (χ0v) is 9.98. The number of aliphatic hydroxyl groups excluding tert-OH is 1. The molecule has 1 aliphatic heterocycles. The molecule has 1 fully saturated rings. The summed E-state index contributed by atoms with van der Waals surface area (Å²) in [7, 11) is 0. The van der Waals surface area contributed by atoms with Gasteiger partial charge in [0.15, 0.2) is 0 Å². The van der Waals surface area contributed by atoms with Gasteiger partial charge in [-0.3, -0.25) is 15.1 Å². The van der Waals surface area contributed by atoms with Crippen LogP contribution in [-0.4, -0.2) is 41.1 Å². The normalized spacial score (nSPS) is 24.1. The summed E-state index contributed by atoms with van der Waals surface area (Å²) in [4.78, 5) is 13.8. The molecule has 2 unspecified atom stereocenters. The summed E-state index contributed by atoms with van der Waals surface area (Å²) < 4.78 is 0. The standard InChI is InChI=1S/C11H23N3O2/c1-2-10(11(16)13-12)14-7-4-3-5-9(14)6-8-15/h9-10,15H,2-8,12H2,1H3,(H,13,16). The fraction of sp³-hybridized carbons (Fsp3) is 0.909. The average Bonchev–Trinajstić information content (AvgIpc) is 2.32. The minimum absolute atomic E-state index is 0.118. The molecule has 4 N–H and O–H groups in total.